The first-order valence-corrected chi connectivity index (χ1v) is 9.90. The van der Waals surface area contributed by atoms with Crippen molar-refractivity contribution in [1.29, 1.82) is 5.26 Å². The third-order valence-electron chi connectivity index (χ3n) is 5.47. The van der Waals surface area contributed by atoms with E-state index in [2.05, 4.69) is 16.0 Å². The molecule has 0 spiro atoms. The number of rotatable bonds is 5. The number of nitrogens with zero attached hydrogens (tertiary/aromatic N) is 5. The molecule has 1 saturated carbocycles. The van der Waals surface area contributed by atoms with Gasteiger partial charge in [-0.05, 0) is 30.9 Å². The number of carbonyl (C=O) groups excluding carboxylic acids is 1. The van der Waals surface area contributed by atoms with Crippen molar-refractivity contribution in [1.82, 2.24) is 14.9 Å². The first-order valence-electron chi connectivity index (χ1n) is 9.90. The predicted octanol–water partition coefficient (Wildman–Crippen LogP) is 1.72. The van der Waals surface area contributed by atoms with Crippen molar-refractivity contribution in [2.24, 2.45) is 5.92 Å². The lowest BCUT2D eigenvalue weighted by Crippen LogP contribution is -2.48. The molecule has 30 heavy (non-hydrogen) atoms. The molecule has 1 aliphatic heterocycles. The van der Waals surface area contributed by atoms with Gasteiger partial charge in [-0.3, -0.25) is 4.79 Å². The van der Waals surface area contributed by atoms with E-state index >= 15 is 0 Å². The molecule has 1 saturated heterocycles. The predicted molar refractivity (Wildman–Crippen MR) is 112 cm³/mol. The average Bonchev–Trinajstić information content (AvgIpc) is 3.60. The van der Waals surface area contributed by atoms with Crippen LogP contribution in [0, 0.1) is 17.2 Å². The van der Waals surface area contributed by atoms with E-state index in [1.165, 1.54) is 27.1 Å². The van der Waals surface area contributed by atoms with E-state index in [0.29, 0.717) is 60.4 Å². The molecule has 1 aliphatic carbocycles. The number of anilines is 2. The number of benzene rings is 1. The van der Waals surface area contributed by atoms with Crippen molar-refractivity contribution in [2.45, 2.75) is 12.8 Å². The second-order valence-corrected chi connectivity index (χ2v) is 7.41. The van der Waals surface area contributed by atoms with Crippen LogP contribution in [0.25, 0.3) is 10.9 Å². The molecular weight excluding hydrogens is 384 g/mol. The lowest BCUT2D eigenvalue weighted by atomic mass is 10.1. The molecule has 0 atom stereocenters. The number of allylic oxidation sites excluding steroid dienone is 1. The normalized spacial score (nSPS) is 16.7. The maximum atomic E-state index is 12.3. The topological polar surface area (TPSA) is 118 Å². The Morgan fingerprint density at radius 1 is 1.23 bits per heavy atom. The molecule has 2 N–H and O–H groups in total. The number of carbonyl (C=O) groups is 1. The SMILES string of the molecule is COc1cc2c(N)nc(N3CCN(C(=O)C=CC4CC4)CC3)nc2c(C#N)c1OC. The zero-order valence-corrected chi connectivity index (χ0v) is 17.1. The van der Waals surface area contributed by atoms with Crippen LogP contribution < -0.4 is 20.1 Å². The lowest BCUT2D eigenvalue weighted by molar-refractivity contribution is -0.126. The van der Waals surface area contributed by atoms with Gasteiger partial charge in [0.05, 0.1) is 19.7 Å². The fourth-order valence-corrected chi connectivity index (χ4v) is 3.57. The minimum atomic E-state index is 0.0455. The molecule has 0 bridgehead atoms. The quantitative estimate of drug-likeness (QED) is 0.743. The number of nitrogens with two attached hydrogens (primary N) is 1. The first kappa shape index (κ1) is 19.8. The molecule has 0 unspecified atom stereocenters. The van der Waals surface area contributed by atoms with Crippen molar-refractivity contribution in [3.63, 3.8) is 0 Å². The third kappa shape index (κ3) is 3.68. The first-order chi connectivity index (χ1) is 14.5. The van der Waals surface area contributed by atoms with Crippen molar-refractivity contribution >= 4 is 28.6 Å². The monoisotopic (exact) mass is 408 g/mol. The van der Waals surface area contributed by atoms with Gasteiger partial charge in [-0.1, -0.05) is 6.08 Å². The smallest absolute Gasteiger partial charge is 0.246 e. The Morgan fingerprint density at radius 2 is 1.97 bits per heavy atom. The summed E-state index contributed by atoms with van der Waals surface area (Å²) < 4.78 is 10.7. The molecule has 9 heteroatoms. The highest BCUT2D eigenvalue weighted by Crippen LogP contribution is 2.38. The van der Waals surface area contributed by atoms with E-state index in [4.69, 9.17) is 15.2 Å². The van der Waals surface area contributed by atoms with Gasteiger partial charge in [0.25, 0.3) is 0 Å². The highest BCUT2D eigenvalue weighted by molar-refractivity contribution is 5.96. The van der Waals surface area contributed by atoms with E-state index in [1.54, 1.807) is 12.1 Å². The van der Waals surface area contributed by atoms with Gasteiger partial charge in [0.1, 0.15) is 17.5 Å². The molecule has 4 rings (SSSR count). The van der Waals surface area contributed by atoms with Gasteiger partial charge in [0, 0.05) is 31.6 Å². The average molecular weight is 408 g/mol. The molecule has 2 aliphatic rings. The summed E-state index contributed by atoms with van der Waals surface area (Å²) in [5.74, 6) is 2.03. The highest BCUT2D eigenvalue weighted by atomic mass is 16.5. The molecule has 1 aromatic carbocycles. The van der Waals surface area contributed by atoms with Crippen LogP contribution in [-0.2, 0) is 4.79 Å². The van der Waals surface area contributed by atoms with E-state index in [-0.39, 0.29) is 17.3 Å². The number of amides is 1. The lowest BCUT2D eigenvalue weighted by Gasteiger charge is -2.34. The standard InChI is InChI=1S/C21H24N6O3/c1-29-16-11-14-18(15(12-22)19(16)30-2)24-21(25-20(14)23)27-9-7-26(8-10-27)17(28)6-5-13-3-4-13/h5-6,11,13H,3-4,7-10H2,1-2H3,(H2,23,24,25). The number of aromatic nitrogens is 2. The summed E-state index contributed by atoms with van der Waals surface area (Å²) in [5, 5.41) is 10.2. The summed E-state index contributed by atoms with van der Waals surface area (Å²) >= 11 is 0. The van der Waals surface area contributed by atoms with Gasteiger partial charge in [0.15, 0.2) is 11.5 Å². The Labute approximate surface area is 174 Å². The minimum absolute atomic E-state index is 0.0455. The fraction of sp³-hybridized carbons (Fsp3) is 0.429. The van der Waals surface area contributed by atoms with E-state index < -0.39 is 0 Å². The molecule has 2 heterocycles. The Balaban J connectivity index is 1.59. The van der Waals surface area contributed by atoms with Crippen LogP contribution in [0.4, 0.5) is 11.8 Å². The van der Waals surface area contributed by atoms with Crippen LogP contribution in [0.2, 0.25) is 0 Å². The van der Waals surface area contributed by atoms with Gasteiger partial charge in [-0.2, -0.15) is 10.2 Å². The molecule has 1 aromatic heterocycles. The third-order valence-corrected chi connectivity index (χ3v) is 5.47. The summed E-state index contributed by atoms with van der Waals surface area (Å²) in [6.45, 7) is 2.32. The number of hydrogen-bond donors (Lipinski definition) is 1. The number of fused-ring (bicyclic) bond motifs is 1. The van der Waals surface area contributed by atoms with Gasteiger partial charge < -0.3 is 25.0 Å². The Bertz CT molecular complexity index is 1050. The number of nitriles is 1. The number of ether oxygens (including phenoxy) is 2. The molecular formula is C21H24N6O3. The number of hydrogen-bond acceptors (Lipinski definition) is 8. The molecule has 9 nitrogen and oxygen atoms in total. The number of methoxy groups -OCH3 is 2. The van der Waals surface area contributed by atoms with Gasteiger partial charge >= 0.3 is 0 Å². The van der Waals surface area contributed by atoms with E-state index in [1.807, 2.05) is 15.9 Å². The Hall–Kier alpha value is -3.54. The molecule has 1 amide bonds. The van der Waals surface area contributed by atoms with Crippen LogP contribution in [0.15, 0.2) is 18.2 Å². The summed E-state index contributed by atoms with van der Waals surface area (Å²) in [4.78, 5) is 25.2. The van der Waals surface area contributed by atoms with Crippen molar-refractivity contribution in [3.05, 3.63) is 23.8 Å². The van der Waals surface area contributed by atoms with Gasteiger partial charge in [-0.15, -0.1) is 0 Å². The van der Waals surface area contributed by atoms with Crippen LogP contribution in [0.3, 0.4) is 0 Å². The number of piperazine rings is 1. The zero-order valence-electron chi connectivity index (χ0n) is 17.1. The summed E-state index contributed by atoms with van der Waals surface area (Å²) in [5.41, 5.74) is 6.87. The zero-order chi connectivity index (χ0) is 21.3. The maximum Gasteiger partial charge on any atom is 0.246 e. The molecule has 2 aromatic rings. The Morgan fingerprint density at radius 3 is 2.57 bits per heavy atom. The van der Waals surface area contributed by atoms with Gasteiger partial charge in [-0.25, -0.2) is 4.98 Å². The summed E-state index contributed by atoms with van der Waals surface area (Å²) in [6, 6.07) is 3.82. The largest absolute Gasteiger partial charge is 0.493 e. The maximum absolute atomic E-state index is 12.3. The van der Waals surface area contributed by atoms with E-state index in [0.717, 1.165) is 0 Å². The minimum Gasteiger partial charge on any atom is -0.493 e. The second-order valence-electron chi connectivity index (χ2n) is 7.41. The van der Waals surface area contributed by atoms with Gasteiger partial charge in [0.2, 0.25) is 11.9 Å². The molecule has 0 radical (unpaired) electrons. The van der Waals surface area contributed by atoms with Crippen molar-refractivity contribution in [3.8, 4) is 17.6 Å². The fourth-order valence-electron chi connectivity index (χ4n) is 3.57. The van der Waals surface area contributed by atoms with Crippen LogP contribution in [-0.4, -0.2) is 61.2 Å². The van der Waals surface area contributed by atoms with Crippen molar-refractivity contribution < 1.29 is 14.3 Å². The Kier molecular flexibility index (Phi) is 5.31. The van der Waals surface area contributed by atoms with Crippen molar-refractivity contribution in [2.75, 3.05) is 51.0 Å². The second kappa shape index (κ2) is 8.06. The summed E-state index contributed by atoms with van der Waals surface area (Å²) in [6.07, 6.45) is 6.06. The van der Waals surface area contributed by atoms with Crippen LogP contribution >= 0.6 is 0 Å². The molecule has 2 fully saturated rings. The molecule has 156 valence electrons. The highest BCUT2D eigenvalue weighted by Gasteiger charge is 2.25. The number of nitrogen functional groups attached to an aromatic ring is 1. The van der Waals surface area contributed by atoms with Crippen LogP contribution in [0.1, 0.15) is 18.4 Å². The van der Waals surface area contributed by atoms with E-state index in [9.17, 15) is 10.1 Å². The summed E-state index contributed by atoms with van der Waals surface area (Å²) in [7, 11) is 2.97. The van der Waals surface area contributed by atoms with Crippen LogP contribution in [0.5, 0.6) is 11.5 Å².